The van der Waals surface area contributed by atoms with E-state index in [0.29, 0.717) is 19.1 Å². The van der Waals surface area contributed by atoms with Crippen LogP contribution in [0.5, 0.6) is 0 Å². The molecule has 20 heavy (non-hydrogen) atoms. The molecule has 2 heterocycles. The smallest absolute Gasteiger partial charge is 0.329 e. The van der Waals surface area contributed by atoms with Gasteiger partial charge < -0.3 is 10.2 Å². The van der Waals surface area contributed by atoms with Crippen molar-refractivity contribution in [3.8, 4) is 6.07 Å². The lowest BCUT2D eigenvalue weighted by Crippen LogP contribution is -2.38. The Kier molecular flexibility index (Phi) is 4.48. The van der Waals surface area contributed by atoms with Gasteiger partial charge in [-0.1, -0.05) is 0 Å². The summed E-state index contributed by atoms with van der Waals surface area (Å²) in [5.74, 6) is 0.283. The number of aromatic nitrogens is 1. The first kappa shape index (κ1) is 14.2. The Morgan fingerprint density at radius 3 is 3.05 bits per heavy atom. The topological polar surface area (TPSA) is 95.1 Å². The van der Waals surface area contributed by atoms with Gasteiger partial charge >= 0.3 is 5.69 Å². The minimum atomic E-state index is -0.522. The highest BCUT2D eigenvalue weighted by Crippen LogP contribution is 2.29. The predicted molar refractivity (Wildman–Crippen MR) is 74.5 cm³/mol. The molecule has 1 unspecified atom stereocenters. The number of nitrogens with zero attached hydrogens (tertiary/aromatic N) is 4. The monoisotopic (exact) mass is 275 g/mol. The molecule has 0 aromatic carbocycles. The van der Waals surface area contributed by atoms with Crippen LogP contribution in [0.15, 0.2) is 12.3 Å². The number of nitrogens with one attached hydrogen (secondary N) is 1. The Hall–Kier alpha value is -2.20. The van der Waals surface area contributed by atoms with Gasteiger partial charge in [-0.05, 0) is 32.4 Å². The molecule has 0 radical (unpaired) electrons. The normalized spacial score (nSPS) is 17.7. The molecular weight excluding hydrogens is 258 g/mol. The van der Waals surface area contributed by atoms with E-state index in [0.717, 1.165) is 19.4 Å². The van der Waals surface area contributed by atoms with Gasteiger partial charge in [0, 0.05) is 25.3 Å². The van der Waals surface area contributed by atoms with Crippen LogP contribution in [-0.4, -0.2) is 35.6 Å². The summed E-state index contributed by atoms with van der Waals surface area (Å²) in [5.41, 5.74) is -0.146. The van der Waals surface area contributed by atoms with Gasteiger partial charge in [-0.3, -0.25) is 10.1 Å². The summed E-state index contributed by atoms with van der Waals surface area (Å²) < 4.78 is 0. The molecule has 2 rings (SSSR count). The van der Waals surface area contributed by atoms with Gasteiger partial charge in [-0.25, -0.2) is 4.98 Å². The van der Waals surface area contributed by atoms with E-state index in [1.54, 1.807) is 0 Å². The van der Waals surface area contributed by atoms with Crippen molar-refractivity contribution in [2.75, 3.05) is 24.5 Å². The number of nitro groups is 1. The zero-order valence-electron chi connectivity index (χ0n) is 11.4. The summed E-state index contributed by atoms with van der Waals surface area (Å²) in [6.07, 6.45) is 3.63. The van der Waals surface area contributed by atoms with Crippen LogP contribution in [0.1, 0.15) is 25.3 Å². The lowest BCUT2D eigenvalue weighted by atomic mass is 10.2. The summed E-state index contributed by atoms with van der Waals surface area (Å²) in [4.78, 5) is 16.7. The number of pyridine rings is 1. The third-order valence-electron chi connectivity index (χ3n) is 3.49. The number of anilines is 1. The third-order valence-corrected chi connectivity index (χ3v) is 3.49. The average Bonchev–Trinajstić information content (AvgIpc) is 2.96. The SMILES string of the molecule is CCN(CC1CCCN1)c1nccc(C#N)c1[N+](=O)[O-]. The van der Waals surface area contributed by atoms with E-state index in [-0.39, 0.29) is 17.1 Å². The van der Waals surface area contributed by atoms with E-state index in [1.165, 1.54) is 12.3 Å². The van der Waals surface area contributed by atoms with Crippen molar-refractivity contribution >= 4 is 11.5 Å². The highest BCUT2D eigenvalue weighted by molar-refractivity contribution is 5.65. The Labute approximate surface area is 117 Å². The maximum Gasteiger partial charge on any atom is 0.329 e. The van der Waals surface area contributed by atoms with Gasteiger partial charge in [-0.15, -0.1) is 0 Å². The predicted octanol–water partition coefficient (Wildman–Crippen LogP) is 1.44. The summed E-state index contributed by atoms with van der Waals surface area (Å²) in [6, 6.07) is 3.57. The van der Waals surface area contributed by atoms with E-state index in [9.17, 15) is 10.1 Å². The molecule has 1 saturated heterocycles. The summed E-state index contributed by atoms with van der Waals surface area (Å²) in [5, 5.41) is 23.6. The maximum absolute atomic E-state index is 11.2. The molecule has 7 heteroatoms. The Morgan fingerprint density at radius 1 is 1.70 bits per heavy atom. The first-order chi connectivity index (χ1) is 9.67. The largest absolute Gasteiger partial charge is 0.350 e. The van der Waals surface area contributed by atoms with E-state index < -0.39 is 4.92 Å². The lowest BCUT2D eigenvalue weighted by Gasteiger charge is -2.25. The molecule has 1 aliphatic rings. The van der Waals surface area contributed by atoms with E-state index in [1.807, 2.05) is 17.9 Å². The van der Waals surface area contributed by atoms with Gasteiger partial charge in [0.05, 0.1) is 4.92 Å². The summed E-state index contributed by atoms with van der Waals surface area (Å²) in [6.45, 7) is 4.19. The van der Waals surface area contributed by atoms with Crippen molar-refractivity contribution in [2.24, 2.45) is 0 Å². The van der Waals surface area contributed by atoms with Crippen LogP contribution in [-0.2, 0) is 0 Å². The van der Waals surface area contributed by atoms with Crippen LogP contribution in [0.25, 0.3) is 0 Å². The molecule has 1 aliphatic heterocycles. The number of likely N-dealkylation sites (N-methyl/N-ethyl adjacent to an activating group) is 1. The average molecular weight is 275 g/mol. The van der Waals surface area contributed by atoms with Crippen molar-refractivity contribution in [1.29, 1.82) is 5.26 Å². The minimum absolute atomic E-state index is 0.0535. The molecule has 0 aliphatic carbocycles. The van der Waals surface area contributed by atoms with Gasteiger partial charge in [0.15, 0.2) is 0 Å². The molecular formula is C13H17N5O2. The van der Waals surface area contributed by atoms with Crippen LogP contribution in [0.3, 0.4) is 0 Å². The summed E-state index contributed by atoms with van der Waals surface area (Å²) in [7, 11) is 0. The zero-order chi connectivity index (χ0) is 14.5. The van der Waals surface area contributed by atoms with Crippen molar-refractivity contribution in [3.05, 3.63) is 27.9 Å². The molecule has 7 nitrogen and oxygen atoms in total. The Bertz CT molecular complexity index is 534. The fourth-order valence-electron chi connectivity index (χ4n) is 2.49. The quantitative estimate of drug-likeness (QED) is 0.645. The molecule has 0 bridgehead atoms. The van der Waals surface area contributed by atoms with Crippen LogP contribution >= 0.6 is 0 Å². The molecule has 0 saturated carbocycles. The molecule has 1 aromatic heterocycles. The van der Waals surface area contributed by atoms with Crippen molar-refractivity contribution in [3.63, 3.8) is 0 Å². The standard InChI is InChI=1S/C13H17N5O2/c1-2-17(9-11-4-3-6-15-11)13-12(18(19)20)10(8-14)5-7-16-13/h5,7,11,15H,2-4,6,9H2,1H3. The fraction of sp³-hybridized carbons (Fsp3) is 0.538. The van der Waals surface area contributed by atoms with E-state index in [4.69, 9.17) is 5.26 Å². The second kappa shape index (κ2) is 6.30. The van der Waals surface area contributed by atoms with Crippen molar-refractivity contribution in [1.82, 2.24) is 10.3 Å². The molecule has 106 valence electrons. The van der Waals surface area contributed by atoms with E-state index >= 15 is 0 Å². The molecule has 1 N–H and O–H groups in total. The number of hydrogen-bond donors (Lipinski definition) is 1. The molecule has 0 spiro atoms. The molecule has 1 aromatic rings. The number of rotatable bonds is 5. The van der Waals surface area contributed by atoms with Crippen LogP contribution in [0.2, 0.25) is 0 Å². The minimum Gasteiger partial charge on any atom is -0.350 e. The second-order valence-electron chi connectivity index (χ2n) is 4.73. The van der Waals surface area contributed by atoms with Gasteiger partial charge in [-0.2, -0.15) is 5.26 Å². The van der Waals surface area contributed by atoms with Crippen LogP contribution < -0.4 is 10.2 Å². The molecule has 0 amide bonds. The zero-order valence-corrected chi connectivity index (χ0v) is 11.4. The van der Waals surface area contributed by atoms with Gasteiger partial charge in [0.2, 0.25) is 5.82 Å². The lowest BCUT2D eigenvalue weighted by molar-refractivity contribution is -0.384. The first-order valence-electron chi connectivity index (χ1n) is 6.69. The maximum atomic E-state index is 11.2. The molecule has 1 atom stereocenters. The van der Waals surface area contributed by atoms with Crippen molar-refractivity contribution < 1.29 is 4.92 Å². The van der Waals surface area contributed by atoms with E-state index in [2.05, 4.69) is 10.3 Å². The fourth-order valence-corrected chi connectivity index (χ4v) is 2.49. The van der Waals surface area contributed by atoms with Gasteiger partial charge in [0.1, 0.15) is 11.6 Å². The molecule has 1 fully saturated rings. The van der Waals surface area contributed by atoms with Crippen molar-refractivity contribution in [2.45, 2.75) is 25.8 Å². The van der Waals surface area contributed by atoms with Crippen LogP contribution in [0.4, 0.5) is 11.5 Å². The number of hydrogen-bond acceptors (Lipinski definition) is 6. The first-order valence-corrected chi connectivity index (χ1v) is 6.69. The van der Waals surface area contributed by atoms with Gasteiger partial charge in [0.25, 0.3) is 0 Å². The highest BCUT2D eigenvalue weighted by atomic mass is 16.6. The van der Waals surface area contributed by atoms with Crippen LogP contribution in [0, 0.1) is 21.4 Å². The summed E-state index contributed by atoms with van der Waals surface area (Å²) >= 11 is 0. The number of nitriles is 1. The Balaban J connectivity index is 2.33. The second-order valence-corrected chi connectivity index (χ2v) is 4.73. The third kappa shape index (κ3) is 2.86. The highest BCUT2D eigenvalue weighted by Gasteiger charge is 2.27. The Morgan fingerprint density at radius 2 is 2.50 bits per heavy atom.